The van der Waals surface area contributed by atoms with E-state index in [9.17, 15) is 14.7 Å². The van der Waals surface area contributed by atoms with Crippen LogP contribution in [0.25, 0.3) is 11.1 Å². The summed E-state index contributed by atoms with van der Waals surface area (Å²) in [6, 6.07) is 11.5. The zero-order valence-corrected chi connectivity index (χ0v) is 10.3. The van der Waals surface area contributed by atoms with Crippen LogP contribution in [-0.2, 0) is 4.74 Å². The van der Waals surface area contributed by atoms with Crippen molar-refractivity contribution in [2.45, 2.75) is 0 Å². The molecule has 0 fully saturated rings. The summed E-state index contributed by atoms with van der Waals surface area (Å²) in [5.41, 5.74) is 1.92. The van der Waals surface area contributed by atoms with E-state index in [2.05, 4.69) is 4.74 Å². The highest BCUT2D eigenvalue weighted by atomic mass is 16.5. The fraction of sp³-hybridized carbons (Fsp3) is 0.0667. The molecule has 0 aliphatic heterocycles. The largest absolute Gasteiger partial charge is 0.507 e. The van der Waals surface area contributed by atoms with Crippen LogP contribution in [-0.4, -0.2) is 24.5 Å². The van der Waals surface area contributed by atoms with Gasteiger partial charge in [0, 0.05) is 5.56 Å². The molecule has 0 heterocycles. The first-order valence-corrected chi connectivity index (χ1v) is 5.63. The summed E-state index contributed by atoms with van der Waals surface area (Å²) in [5, 5.41) is 9.94. The molecule has 4 nitrogen and oxygen atoms in total. The topological polar surface area (TPSA) is 63.6 Å². The van der Waals surface area contributed by atoms with Gasteiger partial charge in [-0.2, -0.15) is 0 Å². The molecule has 0 spiro atoms. The number of aldehydes is 1. The Kier molecular flexibility index (Phi) is 3.61. The molecule has 0 saturated carbocycles. The van der Waals surface area contributed by atoms with Crippen LogP contribution in [0.5, 0.6) is 5.75 Å². The van der Waals surface area contributed by atoms with Gasteiger partial charge < -0.3 is 9.84 Å². The molecule has 0 saturated heterocycles. The van der Waals surface area contributed by atoms with Gasteiger partial charge in [0.1, 0.15) is 5.75 Å². The van der Waals surface area contributed by atoms with Gasteiger partial charge in [-0.05, 0) is 23.8 Å². The number of methoxy groups -OCH3 is 1. The molecular formula is C15H12O4. The number of benzene rings is 2. The Hall–Kier alpha value is -2.62. The minimum atomic E-state index is -0.419. The molecule has 2 aromatic carbocycles. The standard InChI is InChI=1S/C15H12O4/c1-19-15(18)11-7-5-10(6-8-11)13-4-2-3-12(9-16)14(13)17/h2-9,17H,1H3. The van der Waals surface area contributed by atoms with Gasteiger partial charge in [-0.1, -0.05) is 24.3 Å². The maximum Gasteiger partial charge on any atom is 0.337 e. The van der Waals surface area contributed by atoms with Crippen molar-refractivity contribution in [1.82, 2.24) is 0 Å². The Morgan fingerprint density at radius 1 is 1.16 bits per heavy atom. The quantitative estimate of drug-likeness (QED) is 0.677. The average molecular weight is 256 g/mol. The second-order valence-electron chi connectivity index (χ2n) is 3.93. The van der Waals surface area contributed by atoms with E-state index in [0.29, 0.717) is 23.0 Å². The van der Waals surface area contributed by atoms with Gasteiger partial charge in [0.25, 0.3) is 0 Å². The number of rotatable bonds is 3. The minimum Gasteiger partial charge on any atom is -0.507 e. The molecular weight excluding hydrogens is 244 g/mol. The summed E-state index contributed by atoms with van der Waals surface area (Å²) in [6.45, 7) is 0. The van der Waals surface area contributed by atoms with E-state index in [-0.39, 0.29) is 11.3 Å². The lowest BCUT2D eigenvalue weighted by molar-refractivity contribution is 0.0600. The van der Waals surface area contributed by atoms with Crippen molar-refractivity contribution < 1.29 is 19.4 Å². The molecule has 0 amide bonds. The lowest BCUT2D eigenvalue weighted by Crippen LogP contribution is -2.00. The first-order chi connectivity index (χ1) is 9.17. The molecule has 96 valence electrons. The lowest BCUT2D eigenvalue weighted by atomic mass is 10.0. The molecule has 0 radical (unpaired) electrons. The van der Waals surface area contributed by atoms with Crippen molar-refractivity contribution in [3.05, 3.63) is 53.6 Å². The van der Waals surface area contributed by atoms with Crippen LogP contribution >= 0.6 is 0 Å². The van der Waals surface area contributed by atoms with Gasteiger partial charge in [-0.15, -0.1) is 0 Å². The second kappa shape index (κ2) is 5.35. The molecule has 0 aliphatic carbocycles. The maximum atomic E-state index is 11.3. The Bertz CT molecular complexity index is 615. The number of hydrogen-bond acceptors (Lipinski definition) is 4. The van der Waals surface area contributed by atoms with E-state index in [0.717, 1.165) is 0 Å². The van der Waals surface area contributed by atoms with E-state index in [1.165, 1.54) is 13.2 Å². The summed E-state index contributed by atoms with van der Waals surface area (Å²) in [7, 11) is 1.32. The van der Waals surface area contributed by atoms with Crippen LogP contribution in [0.4, 0.5) is 0 Å². The number of aromatic hydroxyl groups is 1. The Morgan fingerprint density at radius 3 is 2.42 bits per heavy atom. The van der Waals surface area contributed by atoms with Crippen LogP contribution < -0.4 is 0 Å². The number of carbonyl (C=O) groups is 2. The Morgan fingerprint density at radius 2 is 1.84 bits per heavy atom. The number of para-hydroxylation sites is 1. The summed E-state index contributed by atoms with van der Waals surface area (Å²) < 4.78 is 4.61. The van der Waals surface area contributed by atoms with Gasteiger partial charge in [0.2, 0.25) is 0 Å². The number of hydrogen-bond donors (Lipinski definition) is 1. The molecule has 19 heavy (non-hydrogen) atoms. The number of esters is 1. The molecule has 0 bridgehead atoms. The fourth-order valence-corrected chi connectivity index (χ4v) is 1.79. The van der Waals surface area contributed by atoms with Crippen molar-refractivity contribution in [2.24, 2.45) is 0 Å². The van der Waals surface area contributed by atoms with Crippen molar-refractivity contribution in [1.29, 1.82) is 0 Å². The smallest absolute Gasteiger partial charge is 0.337 e. The predicted molar refractivity (Wildman–Crippen MR) is 70.3 cm³/mol. The van der Waals surface area contributed by atoms with Crippen LogP contribution in [0, 0.1) is 0 Å². The van der Waals surface area contributed by atoms with Gasteiger partial charge in [-0.25, -0.2) is 4.79 Å². The Labute approximate surface area is 110 Å². The highest BCUT2D eigenvalue weighted by molar-refractivity contribution is 5.91. The van der Waals surface area contributed by atoms with Gasteiger partial charge >= 0.3 is 5.97 Å². The third-order valence-corrected chi connectivity index (χ3v) is 2.81. The van der Waals surface area contributed by atoms with Gasteiger partial charge in [0.15, 0.2) is 6.29 Å². The molecule has 2 rings (SSSR count). The van der Waals surface area contributed by atoms with Gasteiger partial charge in [0.05, 0.1) is 18.2 Å². The number of phenolic OH excluding ortho intramolecular Hbond substituents is 1. The molecule has 0 aliphatic rings. The molecule has 1 N–H and O–H groups in total. The first-order valence-electron chi connectivity index (χ1n) is 5.63. The Balaban J connectivity index is 2.43. The lowest BCUT2D eigenvalue weighted by Gasteiger charge is -2.07. The predicted octanol–water partition coefficient (Wildman–Crippen LogP) is 2.66. The zero-order chi connectivity index (χ0) is 13.8. The maximum absolute atomic E-state index is 11.3. The first kappa shape index (κ1) is 12.8. The van der Waals surface area contributed by atoms with Gasteiger partial charge in [-0.3, -0.25) is 4.79 Å². The second-order valence-corrected chi connectivity index (χ2v) is 3.93. The highest BCUT2D eigenvalue weighted by Crippen LogP contribution is 2.31. The monoisotopic (exact) mass is 256 g/mol. The van der Waals surface area contributed by atoms with E-state index < -0.39 is 5.97 Å². The van der Waals surface area contributed by atoms with Crippen molar-refractivity contribution in [3.8, 4) is 16.9 Å². The van der Waals surface area contributed by atoms with Crippen LogP contribution in [0.3, 0.4) is 0 Å². The molecule has 0 atom stereocenters. The summed E-state index contributed by atoms with van der Waals surface area (Å²) in [5.74, 6) is -0.485. The third kappa shape index (κ3) is 2.47. The number of carbonyl (C=O) groups excluding carboxylic acids is 2. The van der Waals surface area contributed by atoms with Crippen molar-refractivity contribution in [2.75, 3.05) is 7.11 Å². The normalized spacial score (nSPS) is 9.95. The molecule has 2 aromatic rings. The SMILES string of the molecule is COC(=O)c1ccc(-c2cccc(C=O)c2O)cc1. The van der Waals surface area contributed by atoms with Crippen LogP contribution in [0.2, 0.25) is 0 Å². The summed E-state index contributed by atoms with van der Waals surface area (Å²) in [6.07, 6.45) is 0.599. The number of phenols is 1. The van der Waals surface area contributed by atoms with E-state index in [4.69, 9.17) is 0 Å². The van der Waals surface area contributed by atoms with Crippen LogP contribution in [0.15, 0.2) is 42.5 Å². The molecule has 0 unspecified atom stereocenters. The van der Waals surface area contributed by atoms with Crippen molar-refractivity contribution >= 4 is 12.3 Å². The third-order valence-electron chi connectivity index (χ3n) is 2.81. The minimum absolute atomic E-state index is 0.0664. The average Bonchev–Trinajstić information content (AvgIpc) is 2.47. The van der Waals surface area contributed by atoms with Crippen LogP contribution in [0.1, 0.15) is 20.7 Å². The zero-order valence-electron chi connectivity index (χ0n) is 10.3. The van der Waals surface area contributed by atoms with E-state index in [1.54, 1.807) is 36.4 Å². The molecule has 4 heteroatoms. The fourth-order valence-electron chi connectivity index (χ4n) is 1.79. The summed E-state index contributed by atoms with van der Waals surface area (Å²) >= 11 is 0. The highest BCUT2D eigenvalue weighted by Gasteiger charge is 2.10. The van der Waals surface area contributed by atoms with E-state index >= 15 is 0 Å². The summed E-state index contributed by atoms with van der Waals surface area (Å²) in [4.78, 5) is 22.1. The van der Waals surface area contributed by atoms with Crippen molar-refractivity contribution in [3.63, 3.8) is 0 Å². The number of ether oxygens (including phenoxy) is 1. The molecule has 0 aromatic heterocycles. The van der Waals surface area contributed by atoms with E-state index in [1.807, 2.05) is 0 Å².